The topological polar surface area (TPSA) is 110 Å². The Labute approximate surface area is 179 Å². The fraction of sp³-hybridized carbons (Fsp3) is 0.400. The Bertz CT molecular complexity index is 758. The maximum atomic E-state index is 12.1. The van der Waals surface area contributed by atoms with Crippen LogP contribution in [0.2, 0.25) is 5.15 Å². The lowest BCUT2D eigenvalue weighted by Gasteiger charge is -2.09. The number of carbonyl (C=O) groups excluding carboxylic acids is 1. The molecular formula is C20H25ClN2O5S. The van der Waals surface area contributed by atoms with E-state index in [-0.39, 0.29) is 10.5 Å². The molecule has 0 aliphatic carbocycles. The second-order valence-electron chi connectivity index (χ2n) is 6.00. The molecule has 0 unspecified atom stereocenters. The van der Waals surface area contributed by atoms with E-state index in [1.807, 2.05) is 30.3 Å². The molecule has 9 heteroatoms. The van der Waals surface area contributed by atoms with Crippen molar-refractivity contribution in [3.8, 4) is 17.0 Å². The Kier molecular flexibility index (Phi) is 12.5. The zero-order chi connectivity index (χ0) is 21.5. The highest BCUT2D eigenvalue weighted by atomic mass is 35.5. The molecule has 29 heavy (non-hydrogen) atoms. The minimum absolute atomic E-state index is 0.198. The van der Waals surface area contributed by atoms with E-state index in [1.54, 1.807) is 0 Å². The third-order valence-corrected chi connectivity index (χ3v) is 4.68. The van der Waals surface area contributed by atoms with Gasteiger partial charge in [0, 0.05) is 17.4 Å². The normalized spacial score (nSPS) is 10.0. The molecule has 1 aromatic heterocycles. The molecule has 2 rings (SSSR count). The lowest BCUT2D eigenvalue weighted by Crippen LogP contribution is -2.04. The largest absolute Gasteiger partial charge is 0.503 e. The molecule has 0 amide bonds. The maximum Gasteiger partial charge on any atom is 0.503 e. The van der Waals surface area contributed by atoms with Crippen LogP contribution >= 0.6 is 23.4 Å². The van der Waals surface area contributed by atoms with Crippen molar-refractivity contribution in [2.24, 2.45) is 0 Å². The average molecular weight is 441 g/mol. The van der Waals surface area contributed by atoms with Crippen LogP contribution in [0.3, 0.4) is 0 Å². The molecule has 1 heterocycles. The van der Waals surface area contributed by atoms with E-state index in [1.165, 1.54) is 43.5 Å². The van der Waals surface area contributed by atoms with Crippen molar-refractivity contribution in [3.05, 3.63) is 41.6 Å². The standard InChI is InChI=1S/C19H23ClN2O2S.CH2O3/c1-2-3-4-5-6-10-13-25-19(23)24-16-14-17(20)21-22-18(16)15-11-8-7-9-12-15;2-1(3)4/h7-9,11-12,14H,2-6,10,13H2,1H3;(H2,2,3,4). The van der Waals surface area contributed by atoms with E-state index >= 15 is 0 Å². The minimum Gasteiger partial charge on any atom is -0.450 e. The molecular weight excluding hydrogens is 416 g/mol. The van der Waals surface area contributed by atoms with Gasteiger partial charge in [0.25, 0.3) is 0 Å². The number of ether oxygens (including phenoxy) is 1. The van der Waals surface area contributed by atoms with Crippen LogP contribution in [0.4, 0.5) is 9.59 Å². The second-order valence-corrected chi connectivity index (χ2v) is 7.41. The van der Waals surface area contributed by atoms with Crippen molar-refractivity contribution in [3.63, 3.8) is 0 Å². The van der Waals surface area contributed by atoms with E-state index in [4.69, 9.17) is 31.3 Å². The van der Waals surface area contributed by atoms with Gasteiger partial charge in [0.2, 0.25) is 0 Å². The van der Waals surface area contributed by atoms with Crippen molar-refractivity contribution >= 4 is 34.8 Å². The molecule has 0 saturated carbocycles. The van der Waals surface area contributed by atoms with E-state index < -0.39 is 6.16 Å². The monoisotopic (exact) mass is 440 g/mol. The van der Waals surface area contributed by atoms with Gasteiger partial charge in [0.15, 0.2) is 10.9 Å². The summed E-state index contributed by atoms with van der Waals surface area (Å²) in [6.45, 7) is 2.20. The number of hydrogen-bond acceptors (Lipinski definition) is 6. The van der Waals surface area contributed by atoms with Gasteiger partial charge in [-0.15, -0.1) is 10.2 Å². The summed E-state index contributed by atoms with van der Waals surface area (Å²) >= 11 is 7.10. The Hall–Kier alpha value is -2.32. The molecule has 0 radical (unpaired) electrons. The number of nitrogens with zero attached hydrogens (tertiary/aromatic N) is 2. The number of hydrogen-bond donors (Lipinski definition) is 2. The molecule has 2 aromatic rings. The zero-order valence-electron chi connectivity index (χ0n) is 16.2. The van der Waals surface area contributed by atoms with Crippen molar-refractivity contribution in [1.82, 2.24) is 10.2 Å². The zero-order valence-corrected chi connectivity index (χ0v) is 17.8. The highest BCUT2D eigenvalue weighted by Crippen LogP contribution is 2.30. The van der Waals surface area contributed by atoms with E-state index in [0.29, 0.717) is 11.4 Å². The summed E-state index contributed by atoms with van der Waals surface area (Å²) in [5.74, 6) is 1.10. The van der Waals surface area contributed by atoms with Gasteiger partial charge in [-0.25, -0.2) is 9.59 Å². The van der Waals surface area contributed by atoms with Crippen LogP contribution < -0.4 is 4.74 Å². The lowest BCUT2D eigenvalue weighted by atomic mass is 10.1. The summed E-state index contributed by atoms with van der Waals surface area (Å²) in [5.41, 5.74) is 1.34. The molecule has 0 atom stereocenters. The van der Waals surface area contributed by atoms with Crippen LogP contribution in [-0.2, 0) is 0 Å². The third-order valence-electron chi connectivity index (χ3n) is 3.69. The van der Waals surface area contributed by atoms with E-state index in [9.17, 15) is 4.79 Å². The Morgan fingerprint density at radius 1 is 1.03 bits per heavy atom. The van der Waals surface area contributed by atoms with Gasteiger partial charge in [0.1, 0.15) is 5.69 Å². The van der Waals surface area contributed by atoms with E-state index in [2.05, 4.69) is 17.1 Å². The van der Waals surface area contributed by atoms with Gasteiger partial charge < -0.3 is 14.9 Å². The van der Waals surface area contributed by atoms with Gasteiger partial charge in [-0.3, -0.25) is 0 Å². The van der Waals surface area contributed by atoms with Gasteiger partial charge in [-0.2, -0.15) is 0 Å². The highest BCUT2D eigenvalue weighted by molar-refractivity contribution is 8.13. The third kappa shape index (κ3) is 11.3. The van der Waals surface area contributed by atoms with Crippen molar-refractivity contribution in [1.29, 1.82) is 0 Å². The summed E-state index contributed by atoms with van der Waals surface area (Å²) in [6.07, 6.45) is 5.36. The molecule has 0 aliphatic rings. The molecule has 158 valence electrons. The summed E-state index contributed by atoms with van der Waals surface area (Å²) in [4.78, 5) is 20.6. The van der Waals surface area contributed by atoms with Gasteiger partial charge >= 0.3 is 11.5 Å². The number of benzene rings is 1. The molecule has 0 spiro atoms. The molecule has 0 bridgehead atoms. The highest BCUT2D eigenvalue weighted by Gasteiger charge is 2.14. The Balaban J connectivity index is 0.000000960. The molecule has 1 aromatic carbocycles. The van der Waals surface area contributed by atoms with Crippen LogP contribution in [0, 0.1) is 0 Å². The number of aromatic nitrogens is 2. The maximum absolute atomic E-state index is 12.1. The average Bonchev–Trinajstić information content (AvgIpc) is 2.68. The predicted molar refractivity (Wildman–Crippen MR) is 115 cm³/mol. The molecule has 0 aliphatic heterocycles. The fourth-order valence-corrected chi connectivity index (χ4v) is 3.18. The summed E-state index contributed by atoms with van der Waals surface area (Å²) in [7, 11) is 0. The second kappa shape index (κ2) is 14.6. The SMILES string of the molecule is CCCCCCCCSC(=O)Oc1cc(Cl)nnc1-c1ccccc1.O=C(O)O. The Morgan fingerprint density at radius 2 is 1.66 bits per heavy atom. The first-order valence-corrected chi connectivity index (χ1v) is 10.7. The first-order valence-electron chi connectivity index (χ1n) is 9.29. The molecule has 7 nitrogen and oxygen atoms in total. The first kappa shape index (κ1) is 24.7. The minimum atomic E-state index is -1.83. The predicted octanol–water partition coefficient (Wildman–Crippen LogP) is 6.61. The van der Waals surface area contributed by atoms with Gasteiger partial charge in [-0.1, -0.05) is 81.0 Å². The lowest BCUT2D eigenvalue weighted by molar-refractivity contribution is 0.137. The number of carboxylic acid groups (broad SMARTS) is 2. The quantitative estimate of drug-likeness (QED) is 0.331. The van der Waals surface area contributed by atoms with Gasteiger partial charge in [-0.05, 0) is 18.2 Å². The molecule has 2 N–H and O–H groups in total. The van der Waals surface area contributed by atoms with Crippen LogP contribution in [0.5, 0.6) is 5.75 Å². The van der Waals surface area contributed by atoms with Crippen LogP contribution in [0.15, 0.2) is 36.4 Å². The number of unbranched alkanes of at least 4 members (excludes halogenated alkanes) is 5. The molecule has 0 fully saturated rings. The number of carbonyl (C=O) groups is 2. The first-order chi connectivity index (χ1) is 13.9. The van der Waals surface area contributed by atoms with E-state index in [0.717, 1.165) is 24.2 Å². The van der Waals surface area contributed by atoms with Crippen molar-refractivity contribution < 1.29 is 24.5 Å². The summed E-state index contributed by atoms with van der Waals surface area (Å²) in [5, 5.41) is 21.7. The number of halogens is 1. The van der Waals surface area contributed by atoms with Crippen LogP contribution in [-0.4, -0.2) is 37.6 Å². The summed E-state index contributed by atoms with van der Waals surface area (Å²) < 4.78 is 5.46. The Morgan fingerprint density at radius 3 is 2.31 bits per heavy atom. The molecule has 0 saturated heterocycles. The van der Waals surface area contributed by atoms with Crippen LogP contribution in [0.25, 0.3) is 11.3 Å². The number of thioether (sulfide) groups is 1. The smallest absolute Gasteiger partial charge is 0.450 e. The van der Waals surface area contributed by atoms with Gasteiger partial charge in [0.05, 0.1) is 0 Å². The van der Waals surface area contributed by atoms with Crippen molar-refractivity contribution in [2.75, 3.05) is 5.75 Å². The fourth-order valence-electron chi connectivity index (χ4n) is 2.38. The summed E-state index contributed by atoms with van der Waals surface area (Å²) in [6, 6.07) is 11.0. The van der Waals surface area contributed by atoms with Crippen LogP contribution in [0.1, 0.15) is 45.4 Å². The van der Waals surface area contributed by atoms with Crippen molar-refractivity contribution in [2.45, 2.75) is 45.4 Å². The number of rotatable bonds is 9.